The predicted molar refractivity (Wildman–Crippen MR) is 55.3 cm³/mol. The topological polar surface area (TPSA) is 23.8 Å². The molecule has 0 saturated carbocycles. The van der Waals surface area contributed by atoms with Crippen LogP contribution in [0.2, 0.25) is 0 Å². The highest BCUT2D eigenvalue weighted by atomic mass is 79.9. The summed E-state index contributed by atoms with van der Waals surface area (Å²) in [7, 11) is 0. The predicted octanol–water partition coefficient (Wildman–Crippen LogP) is 3.08. The third-order valence-electron chi connectivity index (χ3n) is 2.58. The Morgan fingerprint density at radius 3 is 3.00 bits per heavy atom. The second kappa shape index (κ2) is 3.51. The highest BCUT2D eigenvalue weighted by Gasteiger charge is 2.17. The summed E-state index contributed by atoms with van der Waals surface area (Å²) in [6.45, 7) is 0. The SMILES string of the molecule is N#CC1CCc2cc(Br)ccc2C1. The van der Waals surface area contributed by atoms with Crippen LogP contribution in [-0.2, 0) is 12.8 Å². The minimum Gasteiger partial charge on any atom is -0.198 e. The molecule has 1 aromatic carbocycles. The molecule has 2 heteroatoms. The highest BCUT2D eigenvalue weighted by molar-refractivity contribution is 9.10. The molecule has 1 aromatic rings. The van der Waals surface area contributed by atoms with Crippen molar-refractivity contribution in [2.45, 2.75) is 19.3 Å². The second-order valence-electron chi connectivity index (χ2n) is 3.48. The molecule has 13 heavy (non-hydrogen) atoms. The van der Waals surface area contributed by atoms with Crippen LogP contribution in [0, 0.1) is 17.2 Å². The Hall–Kier alpha value is -0.810. The van der Waals surface area contributed by atoms with Gasteiger partial charge in [-0.2, -0.15) is 5.26 Å². The number of rotatable bonds is 0. The van der Waals surface area contributed by atoms with Gasteiger partial charge in [0.2, 0.25) is 0 Å². The standard InChI is InChI=1S/C11H10BrN/c12-11-4-3-9-5-8(7-13)1-2-10(9)6-11/h3-4,6,8H,1-2,5H2. The fourth-order valence-electron chi connectivity index (χ4n) is 1.83. The lowest BCUT2D eigenvalue weighted by molar-refractivity contribution is 0.564. The zero-order chi connectivity index (χ0) is 9.26. The third kappa shape index (κ3) is 1.76. The van der Waals surface area contributed by atoms with E-state index < -0.39 is 0 Å². The van der Waals surface area contributed by atoms with Crippen molar-refractivity contribution in [2.75, 3.05) is 0 Å². The first-order valence-corrected chi connectivity index (χ1v) is 5.26. The second-order valence-corrected chi connectivity index (χ2v) is 4.40. The van der Waals surface area contributed by atoms with Crippen molar-refractivity contribution >= 4 is 15.9 Å². The fourth-order valence-corrected chi connectivity index (χ4v) is 2.24. The molecular formula is C11H10BrN. The van der Waals surface area contributed by atoms with Gasteiger partial charge in [-0.15, -0.1) is 0 Å². The van der Waals surface area contributed by atoms with E-state index in [1.165, 1.54) is 11.1 Å². The third-order valence-corrected chi connectivity index (χ3v) is 3.07. The Bertz CT molecular complexity index is 365. The Morgan fingerprint density at radius 1 is 1.38 bits per heavy atom. The average Bonchev–Trinajstić information content (AvgIpc) is 2.17. The van der Waals surface area contributed by atoms with Crippen LogP contribution in [0.25, 0.3) is 0 Å². The summed E-state index contributed by atoms with van der Waals surface area (Å²) in [6.07, 6.45) is 2.99. The van der Waals surface area contributed by atoms with Crippen LogP contribution in [0.1, 0.15) is 17.5 Å². The number of aryl methyl sites for hydroxylation is 1. The van der Waals surface area contributed by atoms with Gasteiger partial charge in [0.05, 0.1) is 12.0 Å². The lowest BCUT2D eigenvalue weighted by Gasteiger charge is -2.19. The van der Waals surface area contributed by atoms with Crippen molar-refractivity contribution < 1.29 is 0 Å². The van der Waals surface area contributed by atoms with Crippen LogP contribution >= 0.6 is 15.9 Å². The smallest absolute Gasteiger partial charge is 0.0659 e. The van der Waals surface area contributed by atoms with E-state index in [0.717, 1.165) is 23.7 Å². The van der Waals surface area contributed by atoms with Crippen LogP contribution in [0.15, 0.2) is 22.7 Å². The van der Waals surface area contributed by atoms with Crippen LogP contribution in [0.4, 0.5) is 0 Å². The number of hydrogen-bond donors (Lipinski definition) is 0. The first-order valence-electron chi connectivity index (χ1n) is 4.46. The molecule has 1 aliphatic carbocycles. The first kappa shape index (κ1) is 8.77. The molecule has 0 aliphatic heterocycles. The van der Waals surface area contributed by atoms with Gasteiger partial charge in [0.25, 0.3) is 0 Å². The van der Waals surface area contributed by atoms with E-state index in [4.69, 9.17) is 5.26 Å². The summed E-state index contributed by atoms with van der Waals surface area (Å²) in [6, 6.07) is 8.70. The lowest BCUT2D eigenvalue weighted by atomic mass is 9.85. The maximum Gasteiger partial charge on any atom is 0.0659 e. The van der Waals surface area contributed by atoms with Gasteiger partial charge >= 0.3 is 0 Å². The number of halogens is 1. The first-order chi connectivity index (χ1) is 6.29. The van der Waals surface area contributed by atoms with Crippen molar-refractivity contribution in [3.8, 4) is 6.07 Å². The number of hydrogen-bond acceptors (Lipinski definition) is 1. The van der Waals surface area contributed by atoms with Crippen molar-refractivity contribution in [1.82, 2.24) is 0 Å². The zero-order valence-corrected chi connectivity index (χ0v) is 8.84. The quantitative estimate of drug-likeness (QED) is 0.679. The summed E-state index contributed by atoms with van der Waals surface area (Å²) in [4.78, 5) is 0. The number of nitrogens with zero attached hydrogens (tertiary/aromatic N) is 1. The molecule has 1 unspecified atom stereocenters. The molecule has 0 amide bonds. The van der Waals surface area contributed by atoms with Crippen LogP contribution in [0.3, 0.4) is 0 Å². The molecule has 0 N–H and O–H groups in total. The molecule has 0 bridgehead atoms. The van der Waals surface area contributed by atoms with Crippen molar-refractivity contribution in [3.05, 3.63) is 33.8 Å². The van der Waals surface area contributed by atoms with Crippen LogP contribution in [0.5, 0.6) is 0 Å². The Kier molecular flexibility index (Phi) is 2.37. The van der Waals surface area contributed by atoms with Gasteiger partial charge in [-0.3, -0.25) is 0 Å². The van der Waals surface area contributed by atoms with E-state index >= 15 is 0 Å². The van der Waals surface area contributed by atoms with E-state index in [-0.39, 0.29) is 5.92 Å². The largest absolute Gasteiger partial charge is 0.198 e. The van der Waals surface area contributed by atoms with Crippen molar-refractivity contribution in [3.63, 3.8) is 0 Å². The minimum atomic E-state index is 0.230. The molecule has 0 saturated heterocycles. The zero-order valence-electron chi connectivity index (χ0n) is 7.26. The van der Waals surface area contributed by atoms with Crippen molar-refractivity contribution in [1.29, 1.82) is 5.26 Å². The Morgan fingerprint density at radius 2 is 2.23 bits per heavy atom. The van der Waals surface area contributed by atoms with Gasteiger partial charge in [-0.1, -0.05) is 22.0 Å². The maximum absolute atomic E-state index is 8.81. The van der Waals surface area contributed by atoms with E-state index in [9.17, 15) is 0 Å². The van der Waals surface area contributed by atoms with Gasteiger partial charge in [0, 0.05) is 4.47 Å². The molecule has 1 nitrogen and oxygen atoms in total. The van der Waals surface area contributed by atoms with Gasteiger partial charge in [-0.25, -0.2) is 0 Å². The Labute approximate surface area is 86.5 Å². The van der Waals surface area contributed by atoms with E-state index in [0.29, 0.717) is 0 Å². The Balaban J connectivity index is 2.32. The number of fused-ring (bicyclic) bond motifs is 1. The summed E-state index contributed by atoms with van der Waals surface area (Å²) in [5, 5.41) is 8.81. The van der Waals surface area contributed by atoms with Crippen molar-refractivity contribution in [2.24, 2.45) is 5.92 Å². The van der Waals surface area contributed by atoms with Crippen LogP contribution in [-0.4, -0.2) is 0 Å². The normalized spacial score (nSPS) is 20.5. The summed E-state index contributed by atoms with van der Waals surface area (Å²) in [5.74, 6) is 0.230. The van der Waals surface area contributed by atoms with Gasteiger partial charge in [-0.05, 0) is 42.5 Å². The molecule has 1 aliphatic rings. The lowest BCUT2D eigenvalue weighted by Crippen LogP contribution is -2.12. The molecule has 0 radical (unpaired) electrons. The van der Waals surface area contributed by atoms with Crippen LogP contribution < -0.4 is 0 Å². The molecule has 0 heterocycles. The highest BCUT2D eigenvalue weighted by Crippen LogP contribution is 2.27. The average molecular weight is 236 g/mol. The monoisotopic (exact) mass is 235 g/mol. The van der Waals surface area contributed by atoms with Gasteiger partial charge < -0.3 is 0 Å². The molecule has 1 atom stereocenters. The van der Waals surface area contributed by atoms with Gasteiger partial charge in [0.1, 0.15) is 0 Å². The van der Waals surface area contributed by atoms with E-state index in [1.807, 2.05) is 0 Å². The molecule has 66 valence electrons. The van der Waals surface area contributed by atoms with E-state index in [2.05, 4.69) is 40.2 Å². The number of benzene rings is 1. The van der Waals surface area contributed by atoms with Gasteiger partial charge in [0.15, 0.2) is 0 Å². The molecule has 2 rings (SSSR count). The van der Waals surface area contributed by atoms with E-state index in [1.54, 1.807) is 0 Å². The minimum absolute atomic E-state index is 0.230. The molecule has 0 spiro atoms. The summed E-state index contributed by atoms with van der Waals surface area (Å²) >= 11 is 3.46. The molecule has 0 aromatic heterocycles. The fraction of sp³-hybridized carbons (Fsp3) is 0.364. The maximum atomic E-state index is 8.81. The molecule has 0 fully saturated rings. The summed E-state index contributed by atoms with van der Waals surface area (Å²) in [5.41, 5.74) is 2.75. The molecular weight excluding hydrogens is 226 g/mol. The summed E-state index contributed by atoms with van der Waals surface area (Å²) < 4.78 is 1.14. The number of nitriles is 1.